The topological polar surface area (TPSA) is 151 Å². The van der Waals surface area contributed by atoms with E-state index in [9.17, 15) is 19.5 Å². The molecule has 3 aliphatic heterocycles. The van der Waals surface area contributed by atoms with E-state index >= 15 is 0 Å². The second-order valence-corrected chi connectivity index (χ2v) is 19.1. The number of nitrogens with one attached hydrogen (secondary N) is 2. The summed E-state index contributed by atoms with van der Waals surface area (Å²) in [7, 11) is 1.72. The number of methoxy groups -OCH3 is 1. The number of ketones is 1. The molecule has 1 amide bonds. The van der Waals surface area contributed by atoms with Crippen molar-refractivity contribution in [3.8, 4) is 22.5 Å². The average Bonchev–Trinajstić information content (AvgIpc) is 3.68. The number of rotatable bonds is 9. The predicted molar refractivity (Wildman–Crippen MR) is 234 cm³/mol. The van der Waals surface area contributed by atoms with Crippen LogP contribution in [0.4, 0.5) is 5.69 Å². The highest BCUT2D eigenvalue weighted by atomic mass is 32.1. The zero-order chi connectivity index (χ0) is 42.3. The third kappa shape index (κ3) is 8.76. The van der Waals surface area contributed by atoms with Gasteiger partial charge in [-0.3, -0.25) is 29.6 Å². The molecule has 14 heteroatoms. The number of piperidine rings is 1. The maximum atomic E-state index is 14.2. The quantitative estimate of drug-likeness (QED) is 0.182. The van der Waals surface area contributed by atoms with Crippen molar-refractivity contribution in [2.24, 2.45) is 17.3 Å². The van der Waals surface area contributed by atoms with Gasteiger partial charge in [-0.1, -0.05) is 26.8 Å². The Morgan fingerprint density at radius 1 is 1.15 bits per heavy atom. The highest BCUT2D eigenvalue weighted by molar-refractivity contribution is 7.10. The van der Waals surface area contributed by atoms with Crippen molar-refractivity contribution in [2.75, 3.05) is 57.9 Å². The van der Waals surface area contributed by atoms with Crippen molar-refractivity contribution in [1.29, 1.82) is 0 Å². The first kappa shape index (κ1) is 42.5. The molecule has 1 unspecified atom stereocenters. The number of cyclic esters (lactones) is 1. The Balaban J connectivity index is 1.25. The van der Waals surface area contributed by atoms with Crippen LogP contribution in [0.15, 0.2) is 35.8 Å². The lowest BCUT2D eigenvalue weighted by Gasteiger charge is -2.36. The monoisotopic (exact) mass is 839 g/mol. The maximum Gasteiger partial charge on any atom is 0.323 e. The van der Waals surface area contributed by atoms with E-state index in [0.29, 0.717) is 44.7 Å². The number of carbonyl (C=O) groups is 3. The highest BCUT2D eigenvalue weighted by Gasteiger charge is 2.42. The van der Waals surface area contributed by atoms with E-state index in [1.807, 2.05) is 18.5 Å². The third-order valence-corrected chi connectivity index (χ3v) is 14.0. The van der Waals surface area contributed by atoms with Gasteiger partial charge in [0.05, 0.1) is 65.4 Å². The molecule has 2 saturated heterocycles. The number of thiazole rings is 1. The van der Waals surface area contributed by atoms with Crippen LogP contribution in [0.1, 0.15) is 82.7 Å². The number of nitrogens with zero attached hydrogens (tertiary/aromatic N) is 5. The Labute approximate surface area is 357 Å². The van der Waals surface area contributed by atoms with E-state index in [4.69, 9.17) is 19.4 Å². The Morgan fingerprint density at radius 2 is 1.92 bits per heavy atom. The first-order valence-corrected chi connectivity index (χ1v) is 22.7. The first-order valence-electron chi connectivity index (χ1n) is 21.9. The number of piperazine rings is 1. The van der Waals surface area contributed by atoms with E-state index in [1.165, 1.54) is 11.3 Å². The molecule has 4 aromatic rings. The van der Waals surface area contributed by atoms with Crippen molar-refractivity contribution in [2.45, 2.75) is 104 Å². The fraction of sp³-hybridized carbons (Fsp3) is 0.587. The fourth-order valence-electron chi connectivity index (χ4n) is 9.42. The number of hydrogen-bond donors (Lipinski definition) is 3. The predicted octanol–water partition coefficient (Wildman–Crippen LogP) is 5.56. The summed E-state index contributed by atoms with van der Waals surface area (Å²) in [5.74, 6) is -0.336. The van der Waals surface area contributed by atoms with Crippen molar-refractivity contribution < 1.29 is 29.0 Å². The van der Waals surface area contributed by atoms with Crippen LogP contribution < -0.4 is 15.5 Å². The van der Waals surface area contributed by atoms with Gasteiger partial charge in [0, 0.05) is 91.5 Å². The number of esters is 1. The molecular weight excluding hydrogens is 779 g/mol. The molecule has 6 bridgehead atoms. The molecule has 3 N–H and O–H groups in total. The van der Waals surface area contributed by atoms with E-state index in [2.05, 4.69) is 77.0 Å². The lowest BCUT2D eigenvalue weighted by molar-refractivity contribution is -0.150. The van der Waals surface area contributed by atoms with Crippen LogP contribution >= 0.6 is 11.3 Å². The van der Waals surface area contributed by atoms with Crippen LogP contribution in [0.5, 0.6) is 0 Å². The molecule has 6 heterocycles. The van der Waals surface area contributed by atoms with Gasteiger partial charge in [-0.05, 0) is 75.6 Å². The number of benzene rings is 1. The molecule has 4 aliphatic rings. The molecule has 0 spiro atoms. The number of aliphatic hydroxyl groups excluding tert-OH is 1. The lowest BCUT2D eigenvalue weighted by Crippen LogP contribution is -2.56. The van der Waals surface area contributed by atoms with E-state index in [0.717, 1.165) is 88.0 Å². The smallest absolute Gasteiger partial charge is 0.323 e. The second-order valence-electron chi connectivity index (χ2n) is 18.1. The van der Waals surface area contributed by atoms with Gasteiger partial charge in [0.15, 0.2) is 5.78 Å². The standard InChI is InChI=1S/C46H61N7O6S/c1-7-53-39-12-11-29-20-32(39)34(42(53)33-21-30(24-47-41(33)28(3)58-6)52-15-13-51(14-16-52)17-18-54)23-46(4,5)26-59-45(57)36-10-8-9-35(48-36)43(55)37(22-40-49-38(29)25-60-40)50-44(56)31-19-27(31)2/h11-12,20-21,24-25,27-28,31,35-37,48,54H,7-10,13-19,22-23,26H2,1-6H3,(H,50,56)/t27-,28-,31-,35?,36-,37-/m0/s1. The first-order chi connectivity index (χ1) is 28.9. The minimum absolute atomic E-state index is 0.0792. The van der Waals surface area contributed by atoms with Crippen LogP contribution in [0.25, 0.3) is 33.4 Å². The summed E-state index contributed by atoms with van der Waals surface area (Å²) < 4.78 is 14.5. The number of hydrogen-bond acceptors (Lipinski definition) is 12. The summed E-state index contributed by atoms with van der Waals surface area (Å²) >= 11 is 1.50. The van der Waals surface area contributed by atoms with Crippen molar-refractivity contribution in [3.63, 3.8) is 0 Å². The number of fused-ring (bicyclic) bond motifs is 6. The largest absolute Gasteiger partial charge is 0.464 e. The summed E-state index contributed by atoms with van der Waals surface area (Å²) in [5, 5.41) is 19.9. The van der Waals surface area contributed by atoms with Crippen LogP contribution in [-0.2, 0) is 43.2 Å². The van der Waals surface area contributed by atoms with E-state index < -0.39 is 23.5 Å². The fourth-order valence-corrected chi connectivity index (χ4v) is 10.3. The summed E-state index contributed by atoms with van der Waals surface area (Å²) in [6.07, 6.45) is 5.26. The molecule has 60 heavy (non-hydrogen) atoms. The molecule has 13 nitrogen and oxygen atoms in total. The number of anilines is 1. The SMILES string of the molecule is CCn1c(-c2cc(N3CCN(CCO)CC3)cnc2[C@H](C)OC)c2c3cc(ccc31)-c1csc(n1)C[C@H](NC(=O)[C@H]1C[C@@H]1C)C(=O)C1CCC[C@H](N1)C(=O)OCC(C)(C)C2. The lowest BCUT2D eigenvalue weighted by atomic mass is 9.84. The molecule has 3 fully saturated rings. The van der Waals surface area contributed by atoms with Crippen LogP contribution in [0, 0.1) is 17.3 Å². The minimum Gasteiger partial charge on any atom is -0.464 e. The Hall–Kier alpha value is -4.21. The molecule has 1 aliphatic carbocycles. The molecule has 1 saturated carbocycles. The highest BCUT2D eigenvalue weighted by Crippen LogP contribution is 2.43. The van der Waals surface area contributed by atoms with Crippen LogP contribution in [-0.4, -0.2) is 113 Å². The van der Waals surface area contributed by atoms with Gasteiger partial charge in [0.2, 0.25) is 5.91 Å². The molecule has 3 aromatic heterocycles. The summed E-state index contributed by atoms with van der Waals surface area (Å²) in [6, 6.07) is 6.84. The van der Waals surface area contributed by atoms with Gasteiger partial charge >= 0.3 is 5.97 Å². The van der Waals surface area contributed by atoms with Gasteiger partial charge in [-0.15, -0.1) is 11.3 Å². The van der Waals surface area contributed by atoms with E-state index in [-0.39, 0.29) is 49.3 Å². The molecule has 0 radical (unpaired) electrons. The van der Waals surface area contributed by atoms with Crippen molar-refractivity contribution >= 4 is 45.6 Å². The number of ether oxygens (including phenoxy) is 2. The van der Waals surface area contributed by atoms with Gasteiger partial charge < -0.3 is 29.4 Å². The number of Topliss-reactive ketones (excluding diaryl/α,β-unsaturated/α-hetero) is 1. The summed E-state index contributed by atoms with van der Waals surface area (Å²) in [4.78, 5) is 56.2. The molecule has 8 rings (SSSR count). The van der Waals surface area contributed by atoms with E-state index in [1.54, 1.807) is 7.11 Å². The second kappa shape index (κ2) is 17.6. The molecular formula is C46H61N7O6S. The van der Waals surface area contributed by atoms with Gasteiger partial charge in [-0.2, -0.15) is 0 Å². The number of aromatic nitrogens is 3. The van der Waals surface area contributed by atoms with Crippen LogP contribution in [0.3, 0.4) is 0 Å². The zero-order valence-electron chi connectivity index (χ0n) is 36.0. The van der Waals surface area contributed by atoms with Crippen LogP contribution in [0.2, 0.25) is 0 Å². The molecule has 6 atom stereocenters. The number of β-amino-alcohol motifs (C(OH)–C–C–N with tert-alkyl or cyclic N) is 1. The third-order valence-electron chi connectivity index (χ3n) is 13.1. The Bertz CT molecular complexity index is 2230. The minimum atomic E-state index is -0.762. The van der Waals surface area contributed by atoms with Gasteiger partial charge in [0.25, 0.3) is 0 Å². The summed E-state index contributed by atoms with van der Waals surface area (Å²) in [5.41, 5.74) is 7.51. The number of amides is 1. The average molecular weight is 840 g/mol. The maximum absolute atomic E-state index is 14.2. The van der Waals surface area contributed by atoms with Gasteiger partial charge in [-0.25, -0.2) is 4.98 Å². The molecule has 1 aromatic carbocycles. The number of pyridine rings is 1. The molecule has 322 valence electrons. The number of carbonyl (C=O) groups excluding carboxylic acids is 3. The zero-order valence-corrected chi connectivity index (χ0v) is 36.8. The number of aryl methyl sites for hydroxylation is 1. The van der Waals surface area contributed by atoms with Gasteiger partial charge in [0.1, 0.15) is 6.04 Å². The van der Waals surface area contributed by atoms with Crippen molar-refractivity contribution in [3.05, 3.63) is 52.1 Å². The Morgan fingerprint density at radius 3 is 2.63 bits per heavy atom. The Kier molecular flexibility index (Phi) is 12.5. The van der Waals surface area contributed by atoms with Crippen molar-refractivity contribution in [1.82, 2.24) is 30.1 Å². The normalized spacial score (nSPS) is 25.4. The number of aliphatic hydroxyl groups is 1. The summed E-state index contributed by atoms with van der Waals surface area (Å²) in [6.45, 7) is 15.7.